The van der Waals surface area contributed by atoms with Crippen molar-refractivity contribution >= 4 is 28.4 Å². The zero-order valence-electron chi connectivity index (χ0n) is 19.7. The lowest BCUT2D eigenvalue weighted by Crippen LogP contribution is -2.40. The van der Waals surface area contributed by atoms with Crippen molar-refractivity contribution in [2.45, 2.75) is 57.9 Å². The molecule has 7 nitrogen and oxygen atoms in total. The summed E-state index contributed by atoms with van der Waals surface area (Å²) < 4.78 is 7.32. The van der Waals surface area contributed by atoms with Crippen molar-refractivity contribution in [3.63, 3.8) is 0 Å². The van der Waals surface area contributed by atoms with Gasteiger partial charge < -0.3 is 24.4 Å². The number of benzene rings is 1. The lowest BCUT2D eigenvalue weighted by Gasteiger charge is -2.35. The first-order chi connectivity index (χ1) is 15.5. The van der Waals surface area contributed by atoms with Crippen LogP contribution in [-0.4, -0.2) is 60.6 Å². The number of fused-ring (bicyclic) bond motifs is 1. The van der Waals surface area contributed by atoms with Gasteiger partial charge >= 0.3 is 0 Å². The van der Waals surface area contributed by atoms with Crippen LogP contribution in [0.4, 0.5) is 5.69 Å². The van der Waals surface area contributed by atoms with E-state index in [1.807, 2.05) is 29.8 Å². The Bertz CT molecular complexity index is 983. The van der Waals surface area contributed by atoms with Crippen LogP contribution in [0, 0.1) is 0 Å². The van der Waals surface area contributed by atoms with E-state index in [1.54, 1.807) is 12.0 Å². The fourth-order valence-electron chi connectivity index (χ4n) is 5.33. The van der Waals surface area contributed by atoms with Crippen molar-refractivity contribution in [3.05, 3.63) is 23.9 Å². The van der Waals surface area contributed by atoms with Gasteiger partial charge in [0.2, 0.25) is 5.91 Å². The summed E-state index contributed by atoms with van der Waals surface area (Å²) in [4.78, 5) is 30.3. The van der Waals surface area contributed by atoms with E-state index in [0.29, 0.717) is 36.9 Å². The molecule has 0 bridgehead atoms. The molecule has 2 aliphatic heterocycles. The quantitative estimate of drug-likeness (QED) is 0.636. The third-order valence-corrected chi connectivity index (χ3v) is 7.07. The summed E-state index contributed by atoms with van der Waals surface area (Å²) in [5.74, 6) is 0.670. The van der Waals surface area contributed by atoms with Crippen LogP contribution < -0.4 is 15.0 Å². The summed E-state index contributed by atoms with van der Waals surface area (Å²) in [6.07, 6.45) is 7.35. The Morgan fingerprint density at radius 1 is 1.22 bits per heavy atom. The topological polar surface area (TPSA) is 66.8 Å². The van der Waals surface area contributed by atoms with Gasteiger partial charge in [-0.25, -0.2) is 0 Å². The molecular weight excluding hydrogens is 404 g/mol. The first-order valence-electron chi connectivity index (χ1n) is 12.0. The van der Waals surface area contributed by atoms with Crippen LogP contribution in [-0.2, 0) is 11.8 Å². The second kappa shape index (κ2) is 9.94. The minimum atomic E-state index is -0.122. The zero-order valence-corrected chi connectivity index (χ0v) is 19.7. The van der Waals surface area contributed by atoms with Crippen molar-refractivity contribution in [3.8, 4) is 5.75 Å². The average Bonchev–Trinajstić information content (AvgIpc) is 3.36. The van der Waals surface area contributed by atoms with Crippen LogP contribution >= 0.6 is 0 Å². The van der Waals surface area contributed by atoms with Crippen LogP contribution in [0.2, 0.25) is 0 Å². The van der Waals surface area contributed by atoms with Gasteiger partial charge in [-0.05, 0) is 56.8 Å². The predicted molar refractivity (Wildman–Crippen MR) is 128 cm³/mol. The number of hydrogen-bond acceptors (Lipinski definition) is 4. The maximum absolute atomic E-state index is 13.3. The Balaban J connectivity index is 1.53. The van der Waals surface area contributed by atoms with Gasteiger partial charge in [-0.1, -0.05) is 13.3 Å². The number of aromatic nitrogens is 1. The molecule has 0 unspecified atom stereocenters. The average molecular weight is 441 g/mol. The van der Waals surface area contributed by atoms with Gasteiger partial charge in [0.25, 0.3) is 5.91 Å². The molecule has 174 valence electrons. The monoisotopic (exact) mass is 440 g/mol. The molecule has 2 aliphatic rings. The number of rotatable bonds is 8. The number of likely N-dealkylation sites (tertiary alicyclic amines) is 1. The Kier molecular flexibility index (Phi) is 7.04. The summed E-state index contributed by atoms with van der Waals surface area (Å²) in [6.45, 7) is 5.72. The lowest BCUT2D eigenvalue weighted by atomic mass is 10.00. The molecule has 0 spiro atoms. The van der Waals surface area contributed by atoms with Crippen molar-refractivity contribution in [2.24, 2.45) is 7.05 Å². The van der Waals surface area contributed by atoms with Gasteiger partial charge in [-0.3, -0.25) is 9.59 Å². The summed E-state index contributed by atoms with van der Waals surface area (Å²) in [5, 5.41) is 4.01. The number of nitrogens with zero attached hydrogens (tertiary/aromatic N) is 3. The molecule has 2 aromatic rings. The maximum Gasteiger partial charge on any atom is 0.270 e. The molecule has 1 aromatic carbocycles. The number of carbonyl (C=O) groups excluding carboxylic acids is 2. The molecule has 32 heavy (non-hydrogen) atoms. The number of nitrogens with one attached hydrogen (secondary N) is 1. The molecule has 4 rings (SSSR count). The van der Waals surface area contributed by atoms with Gasteiger partial charge in [0.05, 0.1) is 18.3 Å². The largest absolute Gasteiger partial charge is 0.497 e. The van der Waals surface area contributed by atoms with E-state index in [0.717, 1.165) is 36.0 Å². The Morgan fingerprint density at radius 2 is 2.06 bits per heavy atom. The molecule has 2 amide bonds. The number of piperidine rings is 1. The van der Waals surface area contributed by atoms with Crippen molar-refractivity contribution < 1.29 is 14.3 Å². The highest BCUT2D eigenvalue weighted by molar-refractivity contribution is 6.14. The zero-order chi connectivity index (χ0) is 22.7. The molecule has 1 atom stereocenters. The minimum Gasteiger partial charge on any atom is -0.497 e. The number of amides is 2. The SMILES string of the molecule is CC[C@@H]1CCCCN1CCCNC(=O)c1c(N2CCCC2=O)c2cc(OC)ccc2n1C. The fourth-order valence-corrected chi connectivity index (χ4v) is 5.33. The van der Waals surface area contributed by atoms with Gasteiger partial charge in [0, 0.05) is 44.5 Å². The van der Waals surface area contributed by atoms with Crippen LogP contribution in [0.5, 0.6) is 5.75 Å². The summed E-state index contributed by atoms with van der Waals surface area (Å²) >= 11 is 0. The van der Waals surface area contributed by atoms with Gasteiger partial charge in [-0.2, -0.15) is 0 Å². The third-order valence-electron chi connectivity index (χ3n) is 7.07. The summed E-state index contributed by atoms with van der Waals surface area (Å²) in [7, 11) is 3.52. The second-order valence-electron chi connectivity index (χ2n) is 8.99. The van der Waals surface area contributed by atoms with Crippen molar-refractivity contribution in [1.29, 1.82) is 0 Å². The number of ether oxygens (including phenoxy) is 1. The fraction of sp³-hybridized carbons (Fsp3) is 0.600. The van der Waals surface area contributed by atoms with E-state index < -0.39 is 0 Å². The first kappa shape index (κ1) is 22.6. The molecule has 7 heteroatoms. The van der Waals surface area contributed by atoms with Crippen LogP contribution in [0.25, 0.3) is 10.9 Å². The molecule has 0 aliphatic carbocycles. The van der Waals surface area contributed by atoms with E-state index in [9.17, 15) is 9.59 Å². The smallest absolute Gasteiger partial charge is 0.270 e. The van der Waals surface area contributed by atoms with Gasteiger partial charge in [0.15, 0.2) is 0 Å². The van der Waals surface area contributed by atoms with E-state index in [-0.39, 0.29) is 11.8 Å². The molecular formula is C25H36N4O3. The molecule has 1 aromatic heterocycles. The number of carbonyl (C=O) groups is 2. The normalized spacial score (nSPS) is 19.7. The van der Waals surface area contributed by atoms with Gasteiger partial charge in [0.1, 0.15) is 11.4 Å². The van der Waals surface area contributed by atoms with Crippen LogP contribution in [0.1, 0.15) is 62.4 Å². The number of anilines is 1. The third kappa shape index (κ3) is 4.35. The number of aryl methyl sites for hydroxylation is 1. The Hall–Kier alpha value is -2.54. The highest BCUT2D eigenvalue weighted by atomic mass is 16.5. The highest BCUT2D eigenvalue weighted by Crippen LogP contribution is 2.37. The highest BCUT2D eigenvalue weighted by Gasteiger charge is 2.31. The van der Waals surface area contributed by atoms with E-state index >= 15 is 0 Å². The van der Waals surface area contributed by atoms with Crippen molar-refractivity contribution in [1.82, 2.24) is 14.8 Å². The van der Waals surface area contributed by atoms with E-state index in [2.05, 4.69) is 17.1 Å². The molecule has 2 saturated heterocycles. The molecule has 2 fully saturated rings. The molecule has 1 N–H and O–H groups in total. The second-order valence-corrected chi connectivity index (χ2v) is 8.99. The first-order valence-corrected chi connectivity index (χ1v) is 12.0. The molecule has 0 radical (unpaired) electrons. The Labute approximate surface area is 190 Å². The van der Waals surface area contributed by atoms with Crippen LogP contribution in [0.15, 0.2) is 18.2 Å². The van der Waals surface area contributed by atoms with E-state index in [4.69, 9.17) is 4.74 Å². The lowest BCUT2D eigenvalue weighted by molar-refractivity contribution is -0.117. The predicted octanol–water partition coefficient (Wildman–Crippen LogP) is 3.70. The maximum atomic E-state index is 13.3. The van der Waals surface area contributed by atoms with E-state index in [1.165, 1.54) is 32.2 Å². The number of methoxy groups -OCH3 is 1. The molecule has 3 heterocycles. The summed E-state index contributed by atoms with van der Waals surface area (Å²) in [6, 6.07) is 6.45. The van der Waals surface area contributed by atoms with Crippen LogP contribution in [0.3, 0.4) is 0 Å². The standard InChI is InChI=1S/C25H36N4O3/c1-4-18-9-5-6-14-28(18)15-8-13-26-25(31)24-23(29-16-7-10-22(29)30)20-17-19(32-3)11-12-21(20)27(24)2/h11-12,17-18H,4-10,13-16H2,1-3H3,(H,26,31)/t18-/m1/s1. The minimum absolute atomic E-state index is 0.0741. The Morgan fingerprint density at radius 3 is 2.78 bits per heavy atom. The van der Waals surface area contributed by atoms with Crippen molar-refractivity contribution in [2.75, 3.05) is 38.2 Å². The number of hydrogen-bond donors (Lipinski definition) is 1. The van der Waals surface area contributed by atoms with Gasteiger partial charge in [-0.15, -0.1) is 0 Å². The molecule has 0 saturated carbocycles. The summed E-state index contributed by atoms with van der Waals surface area (Å²) in [5.41, 5.74) is 2.18.